The normalized spacial score (nSPS) is 15.9. The predicted molar refractivity (Wildman–Crippen MR) is 137 cm³/mol. The Labute approximate surface area is 206 Å². The fourth-order valence-corrected chi connectivity index (χ4v) is 5.04. The van der Waals surface area contributed by atoms with E-state index in [0.717, 1.165) is 27.4 Å². The summed E-state index contributed by atoms with van der Waals surface area (Å²) in [4.78, 5) is 7.66. The molecule has 172 valence electrons. The van der Waals surface area contributed by atoms with Gasteiger partial charge in [-0.25, -0.2) is 0 Å². The van der Waals surface area contributed by atoms with E-state index in [1.165, 1.54) is 0 Å². The van der Waals surface area contributed by atoms with Crippen molar-refractivity contribution in [1.29, 1.82) is 0 Å². The van der Waals surface area contributed by atoms with Crippen LogP contribution in [0.4, 0.5) is 5.69 Å². The number of aromatic nitrogens is 2. The van der Waals surface area contributed by atoms with Crippen LogP contribution in [0.2, 0.25) is 0 Å². The Bertz CT molecular complexity index is 1350. The lowest BCUT2D eigenvalue weighted by atomic mass is 9.94. The number of methoxy groups -OCH3 is 2. The number of nitrogens with zero attached hydrogens (tertiary/aromatic N) is 3. The average molecular weight is 491 g/mol. The summed E-state index contributed by atoms with van der Waals surface area (Å²) in [7, 11) is 3.23. The van der Waals surface area contributed by atoms with Crippen molar-refractivity contribution in [2.24, 2.45) is 0 Å². The van der Waals surface area contributed by atoms with Crippen LogP contribution in [-0.4, -0.2) is 29.5 Å². The number of hydrogen-bond donors (Lipinski definition) is 1. The molecule has 5 rings (SSSR count). The van der Waals surface area contributed by atoms with Crippen LogP contribution in [0, 0.1) is 0 Å². The van der Waals surface area contributed by atoms with Crippen molar-refractivity contribution in [2.75, 3.05) is 19.1 Å². The van der Waals surface area contributed by atoms with Gasteiger partial charge in [-0.2, -0.15) is 4.98 Å². The van der Waals surface area contributed by atoms with Crippen LogP contribution in [-0.2, 0) is 0 Å². The zero-order valence-corrected chi connectivity index (χ0v) is 20.4. The maximum atomic E-state index is 5.81. The van der Waals surface area contributed by atoms with Crippen LogP contribution < -0.4 is 19.7 Å². The lowest BCUT2D eigenvalue weighted by molar-refractivity contribution is 0.354. The van der Waals surface area contributed by atoms with Gasteiger partial charge in [-0.05, 0) is 60.4 Å². The van der Waals surface area contributed by atoms with Crippen LogP contribution >= 0.6 is 23.6 Å². The Morgan fingerprint density at radius 1 is 1.03 bits per heavy atom. The number of ether oxygens (including phenoxy) is 2. The molecule has 34 heavy (non-hydrogen) atoms. The van der Waals surface area contributed by atoms with E-state index in [1.54, 1.807) is 25.6 Å². The minimum absolute atomic E-state index is 0.330. The van der Waals surface area contributed by atoms with Crippen molar-refractivity contribution in [3.05, 3.63) is 83.2 Å². The lowest BCUT2D eigenvalue weighted by Crippen LogP contribution is -2.46. The van der Waals surface area contributed by atoms with Crippen LogP contribution in [0.5, 0.6) is 11.5 Å². The Hall–Kier alpha value is -3.69. The minimum atomic E-state index is -0.330. The Kier molecular flexibility index (Phi) is 6.04. The van der Waals surface area contributed by atoms with Crippen LogP contribution in [0.1, 0.15) is 24.4 Å². The smallest absolute Gasteiger partial charge is 0.258 e. The van der Waals surface area contributed by atoms with Gasteiger partial charge in [-0.1, -0.05) is 35.5 Å². The number of thiocarbonyl (C=S) groups is 1. The van der Waals surface area contributed by atoms with E-state index in [1.807, 2.05) is 77.9 Å². The van der Waals surface area contributed by atoms with E-state index in [4.69, 9.17) is 31.2 Å². The van der Waals surface area contributed by atoms with Gasteiger partial charge in [0.1, 0.15) is 0 Å². The molecule has 0 bridgehead atoms. The highest BCUT2D eigenvalue weighted by Gasteiger charge is 2.35. The summed E-state index contributed by atoms with van der Waals surface area (Å²) < 4.78 is 16.8. The van der Waals surface area contributed by atoms with Crippen molar-refractivity contribution in [3.63, 3.8) is 0 Å². The minimum Gasteiger partial charge on any atom is -0.493 e. The molecule has 4 aromatic rings. The zero-order valence-electron chi connectivity index (χ0n) is 18.8. The molecule has 7 nitrogen and oxygen atoms in total. The van der Waals surface area contributed by atoms with Gasteiger partial charge in [0.2, 0.25) is 5.82 Å². The number of hydrogen-bond acceptors (Lipinski definition) is 7. The molecule has 0 radical (unpaired) electrons. The van der Waals surface area contributed by atoms with Gasteiger partial charge >= 0.3 is 0 Å². The first-order valence-electron chi connectivity index (χ1n) is 10.6. The Balaban J connectivity index is 1.67. The molecule has 9 heteroatoms. The Morgan fingerprint density at radius 2 is 1.82 bits per heavy atom. The summed E-state index contributed by atoms with van der Waals surface area (Å²) in [6, 6.07) is 19.3. The molecule has 2 aromatic carbocycles. The summed E-state index contributed by atoms with van der Waals surface area (Å²) in [5.74, 6) is 2.25. The third-order valence-electron chi connectivity index (χ3n) is 5.64. The highest BCUT2D eigenvalue weighted by Crippen LogP contribution is 2.41. The summed E-state index contributed by atoms with van der Waals surface area (Å²) >= 11 is 7.37. The van der Waals surface area contributed by atoms with Crippen LogP contribution in [0.3, 0.4) is 0 Å². The molecule has 2 aromatic heterocycles. The van der Waals surface area contributed by atoms with Gasteiger partial charge in [0.15, 0.2) is 16.6 Å². The second-order valence-electron chi connectivity index (χ2n) is 7.57. The van der Waals surface area contributed by atoms with E-state index < -0.39 is 0 Å². The van der Waals surface area contributed by atoms with Crippen molar-refractivity contribution >= 4 is 39.9 Å². The van der Waals surface area contributed by atoms with E-state index >= 15 is 0 Å². The fourth-order valence-electron chi connectivity index (χ4n) is 4.03. The standard InChI is InChI=1S/C25H22N4O3S2/c1-15-21(24-27-23(28-32-24)20-10-7-13-34-20)22(16-11-12-18(30-2)19(14-16)31-3)26-25(33)29(15)17-8-5-4-6-9-17/h4-14,22H,1-3H3,(H,26,33). The molecule has 0 amide bonds. The number of benzene rings is 2. The predicted octanol–water partition coefficient (Wildman–Crippen LogP) is 5.68. The average Bonchev–Trinajstić information content (AvgIpc) is 3.56. The Morgan fingerprint density at radius 3 is 2.53 bits per heavy atom. The highest BCUT2D eigenvalue weighted by molar-refractivity contribution is 7.80. The molecule has 1 unspecified atom stereocenters. The van der Waals surface area contributed by atoms with E-state index in [2.05, 4.69) is 10.5 Å². The maximum Gasteiger partial charge on any atom is 0.258 e. The second-order valence-corrected chi connectivity index (χ2v) is 8.90. The van der Waals surface area contributed by atoms with Gasteiger partial charge in [-0.3, -0.25) is 4.90 Å². The molecule has 1 N–H and O–H groups in total. The zero-order chi connectivity index (χ0) is 23.7. The molecule has 0 spiro atoms. The van der Waals surface area contributed by atoms with E-state index in [-0.39, 0.29) is 6.04 Å². The molecule has 0 saturated heterocycles. The summed E-state index contributed by atoms with van der Waals surface area (Å²) in [6.45, 7) is 2.01. The first-order valence-corrected chi connectivity index (χ1v) is 11.9. The number of rotatable bonds is 6. The quantitative estimate of drug-likeness (QED) is 0.346. The molecule has 1 atom stereocenters. The maximum absolute atomic E-state index is 5.81. The third kappa shape index (κ3) is 3.93. The van der Waals surface area contributed by atoms with Gasteiger partial charge in [0.05, 0.1) is 30.7 Å². The molecular weight excluding hydrogens is 468 g/mol. The van der Waals surface area contributed by atoms with Crippen molar-refractivity contribution in [1.82, 2.24) is 15.5 Å². The number of thiophene rings is 1. The number of nitrogens with one attached hydrogen (secondary N) is 1. The molecule has 0 saturated carbocycles. The monoisotopic (exact) mass is 490 g/mol. The highest BCUT2D eigenvalue weighted by atomic mass is 32.1. The van der Waals surface area contributed by atoms with Crippen molar-refractivity contribution in [3.8, 4) is 22.2 Å². The van der Waals surface area contributed by atoms with Crippen molar-refractivity contribution < 1.29 is 14.0 Å². The van der Waals surface area contributed by atoms with Gasteiger partial charge in [0.25, 0.3) is 5.89 Å². The fraction of sp³-hybridized carbons (Fsp3) is 0.160. The molecular formula is C25H22N4O3S2. The summed E-state index contributed by atoms with van der Waals surface area (Å²) in [5, 5.41) is 10.3. The summed E-state index contributed by atoms with van der Waals surface area (Å²) in [6.07, 6.45) is 0. The topological polar surface area (TPSA) is 72.7 Å². The number of para-hydroxylation sites is 1. The first kappa shape index (κ1) is 22.1. The van der Waals surface area contributed by atoms with Crippen molar-refractivity contribution in [2.45, 2.75) is 13.0 Å². The number of allylic oxidation sites excluding steroid dienone is 1. The van der Waals surface area contributed by atoms with Gasteiger partial charge in [-0.15, -0.1) is 11.3 Å². The van der Waals surface area contributed by atoms with Crippen LogP contribution in [0.15, 0.2) is 76.3 Å². The lowest BCUT2D eigenvalue weighted by Gasteiger charge is -2.37. The molecule has 1 aliphatic rings. The molecule has 0 aliphatic carbocycles. The SMILES string of the molecule is COc1ccc(C2NC(=S)N(c3ccccc3)C(C)=C2c2nc(-c3cccs3)no2)cc1OC. The third-order valence-corrected chi connectivity index (χ3v) is 6.80. The summed E-state index contributed by atoms with van der Waals surface area (Å²) in [5.41, 5.74) is 3.60. The van der Waals surface area contributed by atoms with Crippen LogP contribution in [0.25, 0.3) is 16.3 Å². The largest absolute Gasteiger partial charge is 0.493 e. The molecule has 1 aliphatic heterocycles. The van der Waals surface area contributed by atoms with E-state index in [9.17, 15) is 0 Å². The van der Waals surface area contributed by atoms with Gasteiger partial charge in [0, 0.05) is 11.4 Å². The second kappa shape index (κ2) is 9.28. The van der Waals surface area contributed by atoms with E-state index in [0.29, 0.717) is 28.3 Å². The number of anilines is 1. The molecule has 3 heterocycles. The van der Waals surface area contributed by atoms with Gasteiger partial charge < -0.3 is 19.3 Å². The molecule has 0 fully saturated rings. The first-order chi connectivity index (χ1) is 16.6.